The Hall–Kier alpha value is -4.73. The van der Waals surface area contributed by atoms with Gasteiger partial charge in [-0.2, -0.15) is 19.9 Å². The number of halogens is 1. The number of alkyl halides is 1. The summed E-state index contributed by atoms with van der Waals surface area (Å²) in [6.07, 6.45) is -1.63. The van der Waals surface area contributed by atoms with Crippen LogP contribution in [-0.2, 0) is 32.2 Å². The maximum absolute atomic E-state index is 16.6. The van der Waals surface area contributed by atoms with Crippen LogP contribution < -0.4 is 30.0 Å². The van der Waals surface area contributed by atoms with E-state index in [2.05, 4.69) is 29.9 Å². The van der Waals surface area contributed by atoms with Crippen molar-refractivity contribution < 1.29 is 60.0 Å². The molecule has 9 atom stereocenters. The van der Waals surface area contributed by atoms with Crippen molar-refractivity contribution in [3.63, 3.8) is 0 Å². The van der Waals surface area contributed by atoms with Crippen LogP contribution in [0.1, 0.15) is 46.6 Å². The zero-order chi connectivity index (χ0) is 40.3. The highest BCUT2D eigenvalue weighted by Crippen LogP contribution is 2.60. The highest BCUT2D eigenvalue weighted by Gasteiger charge is 2.62. The number of phosphoric ester groups is 2. The van der Waals surface area contributed by atoms with Gasteiger partial charge in [-0.1, -0.05) is 13.0 Å². The lowest BCUT2D eigenvalue weighted by molar-refractivity contribution is -0.0655. The molecule has 3 saturated heterocycles. The van der Waals surface area contributed by atoms with Crippen molar-refractivity contribution >= 4 is 49.9 Å². The fourth-order valence-electron chi connectivity index (χ4n) is 6.96. The molecule has 0 bridgehead atoms. The molecule has 3 aliphatic heterocycles. The lowest BCUT2D eigenvalue weighted by Gasteiger charge is -2.33. The number of hydrogen-bond acceptors (Lipinski definition) is 19. The van der Waals surface area contributed by atoms with Gasteiger partial charge in [0.2, 0.25) is 23.7 Å². The van der Waals surface area contributed by atoms with E-state index in [4.69, 9.17) is 53.0 Å². The number of benzene rings is 1. The normalized spacial score (nSPS) is 29.6. The summed E-state index contributed by atoms with van der Waals surface area (Å²) in [5, 5.41) is 0. The number of aromatic nitrogens is 8. The molecule has 306 valence electrons. The van der Waals surface area contributed by atoms with E-state index < -0.39 is 52.1 Å². The molecule has 0 saturated carbocycles. The molecule has 0 radical (unpaired) electrons. The number of imidazole rings is 2. The van der Waals surface area contributed by atoms with E-state index in [-0.39, 0.29) is 72.1 Å². The number of ether oxygens (including phenoxy) is 4. The van der Waals surface area contributed by atoms with Gasteiger partial charge >= 0.3 is 15.6 Å². The number of phosphoric acid groups is 2. The van der Waals surface area contributed by atoms with Gasteiger partial charge in [-0.25, -0.2) is 23.5 Å². The van der Waals surface area contributed by atoms with E-state index in [9.17, 15) is 14.0 Å². The molecule has 3 fully saturated rings. The van der Waals surface area contributed by atoms with Crippen LogP contribution in [0.15, 0.2) is 36.9 Å². The van der Waals surface area contributed by atoms with E-state index in [0.29, 0.717) is 24.2 Å². The molecule has 0 spiro atoms. The highest BCUT2D eigenvalue weighted by atomic mass is 31.2. The van der Waals surface area contributed by atoms with Gasteiger partial charge in [-0.15, -0.1) is 0 Å². The Labute approximate surface area is 323 Å². The number of nitrogens with zero attached hydrogens (tertiary/aromatic N) is 8. The average molecular weight is 837 g/mol. The van der Waals surface area contributed by atoms with E-state index in [1.54, 1.807) is 17.8 Å². The third-order valence-corrected chi connectivity index (χ3v) is 11.6. The zero-order valence-electron chi connectivity index (χ0n) is 30.9. The van der Waals surface area contributed by atoms with Gasteiger partial charge in [0.25, 0.3) is 0 Å². The summed E-state index contributed by atoms with van der Waals surface area (Å²) in [6.45, 7) is 6.69. The fourth-order valence-corrected chi connectivity index (χ4v) is 9.22. The molecule has 5 N–H and O–H groups in total. The first-order valence-electron chi connectivity index (χ1n) is 17.8. The van der Waals surface area contributed by atoms with Gasteiger partial charge in [-0.05, 0) is 39.3 Å². The maximum atomic E-state index is 16.6. The largest absolute Gasteiger partial charge is 0.530 e. The van der Waals surface area contributed by atoms with Crippen LogP contribution in [0.3, 0.4) is 0 Å². The summed E-state index contributed by atoms with van der Waals surface area (Å²) in [5.41, 5.74) is 10.7. The molecule has 57 heavy (non-hydrogen) atoms. The fraction of sp³-hybridized carbons (Fsp3) is 0.500. The minimum atomic E-state index is -4.74. The molecule has 4 aromatic heterocycles. The molecule has 0 amide bonds. The quantitative estimate of drug-likeness (QED) is 0.140. The van der Waals surface area contributed by atoms with Crippen LogP contribution >= 0.6 is 15.6 Å². The van der Waals surface area contributed by atoms with E-state index >= 15 is 4.39 Å². The van der Waals surface area contributed by atoms with Gasteiger partial charge in [0.15, 0.2) is 34.2 Å². The number of nitrogens with two attached hydrogens (primary N) is 2. The Morgan fingerprint density at radius 3 is 2.30 bits per heavy atom. The maximum Gasteiger partial charge on any atom is 0.530 e. The summed E-state index contributed by atoms with van der Waals surface area (Å²) < 4.78 is 97.0. The number of fused-ring (bicyclic) bond motifs is 3. The van der Waals surface area contributed by atoms with E-state index in [1.807, 2.05) is 13.8 Å². The predicted octanol–water partition coefficient (Wildman–Crippen LogP) is 4.28. The average Bonchev–Trinajstić information content (AvgIpc) is 3.91. The number of rotatable bonds is 13. The molecule has 1 aromatic carbocycles. The Morgan fingerprint density at radius 1 is 1.00 bits per heavy atom. The Bertz CT molecular complexity index is 2400. The summed E-state index contributed by atoms with van der Waals surface area (Å²) in [4.78, 5) is 35.9. The van der Waals surface area contributed by atoms with Crippen LogP contribution in [0.5, 0.6) is 23.3 Å². The topological polar surface area (TPSA) is 277 Å². The highest BCUT2D eigenvalue weighted by molar-refractivity contribution is 7.49. The van der Waals surface area contributed by atoms with Crippen LogP contribution in [0.4, 0.5) is 16.3 Å². The second-order valence-corrected chi connectivity index (χ2v) is 16.4. The molecule has 4 unspecified atom stereocenters. The van der Waals surface area contributed by atoms with Crippen LogP contribution in [-0.4, -0.2) is 94.3 Å². The standard InChI is InChI=1S/C32H39FN10O12P2/c1-5-47-26-21-24(38-30(34)40-26)42(14-36-21)28-16(3)10-19(51-28)12-49-56(44,45)53-17-8-7-9-18(11-17)54-57(46)50-13-20-23(55-57)32(4,33)29(52-20)43-15-37-22-25(43)39-31(35)41-27(22)48-6-2/h7-9,11,14-16,19-20,23,28-29H,5-6,10,12-13H2,1-4H3,(H,44,45)(H2,34,38,40)(H2,35,39,41)/t16?,19?,20-,23-,28-,29-,32-,57?/m1/s1. The van der Waals surface area contributed by atoms with Gasteiger partial charge < -0.3 is 39.5 Å². The Morgan fingerprint density at radius 2 is 1.63 bits per heavy atom. The SMILES string of the molecule is CCOc1nc(N)nc2c1ncn2[C@@H]1OC(COP(=O)(O)Oc2cccc(OP3(=O)OC[C@H]4O[C@@H](n5cnc6c(OCC)nc(N)nc65)[C@](C)(F)[C@@H]4O3)c2)CC1C. The lowest BCUT2D eigenvalue weighted by atomic mass is 9.98. The van der Waals surface area contributed by atoms with Crippen molar-refractivity contribution in [1.29, 1.82) is 0 Å². The van der Waals surface area contributed by atoms with Gasteiger partial charge in [0.05, 0.1) is 45.2 Å². The molecule has 25 heteroatoms. The van der Waals surface area contributed by atoms with E-state index in [0.717, 1.165) is 0 Å². The first-order chi connectivity index (χ1) is 27.2. The van der Waals surface area contributed by atoms with Crippen LogP contribution in [0.25, 0.3) is 22.3 Å². The summed E-state index contributed by atoms with van der Waals surface area (Å²) in [5.74, 6) is -0.145. The van der Waals surface area contributed by atoms with Crippen molar-refractivity contribution in [2.45, 2.75) is 70.6 Å². The molecule has 0 aliphatic carbocycles. The molecular weight excluding hydrogens is 797 g/mol. The van der Waals surface area contributed by atoms with E-state index in [1.165, 1.54) is 42.1 Å². The summed E-state index contributed by atoms with van der Waals surface area (Å²) in [6, 6.07) is 5.30. The second-order valence-electron chi connectivity index (χ2n) is 13.5. The van der Waals surface area contributed by atoms with Gasteiger partial charge in [0, 0.05) is 12.0 Å². The molecule has 7 heterocycles. The van der Waals surface area contributed by atoms with Crippen LogP contribution in [0, 0.1) is 5.92 Å². The Kier molecular flexibility index (Phi) is 10.2. The van der Waals surface area contributed by atoms with Crippen molar-refractivity contribution in [2.75, 3.05) is 37.9 Å². The molecule has 5 aromatic rings. The predicted molar refractivity (Wildman–Crippen MR) is 195 cm³/mol. The lowest BCUT2D eigenvalue weighted by Crippen LogP contribution is -2.45. The zero-order valence-corrected chi connectivity index (χ0v) is 32.7. The molecule has 22 nitrogen and oxygen atoms in total. The Balaban J connectivity index is 0.899. The molecule has 3 aliphatic rings. The van der Waals surface area contributed by atoms with Crippen LogP contribution in [0.2, 0.25) is 0 Å². The second kappa shape index (κ2) is 14.9. The van der Waals surface area contributed by atoms with Crippen molar-refractivity contribution in [1.82, 2.24) is 39.0 Å². The van der Waals surface area contributed by atoms with Crippen molar-refractivity contribution in [2.24, 2.45) is 5.92 Å². The first kappa shape index (κ1) is 39.1. The molecular formula is C32H39FN10O12P2. The monoisotopic (exact) mass is 836 g/mol. The summed E-state index contributed by atoms with van der Waals surface area (Å²) >= 11 is 0. The van der Waals surface area contributed by atoms with Crippen molar-refractivity contribution in [3.05, 3.63) is 36.9 Å². The van der Waals surface area contributed by atoms with Crippen molar-refractivity contribution in [3.8, 4) is 23.3 Å². The third kappa shape index (κ3) is 7.56. The van der Waals surface area contributed by atoms with Gasteiger partial charge in [-0.3, -0.25) is 27.6 Å². The number of nitrogen functional groups attached to an aromatic ring is 2. The number of anilines is 2. The number of hydrogen-bond donors (Lipinski definition) is 3. The molecule has 8 rings (SSSR count). The minimum absolute atomic E-state index is 0.00525. The smallest absolute Gasteiger partial charge is 0.476 e. The van der Waals surface area contributed by atoms with Gasteiger partial charge in [0.1, 0.15) is 29.9 Å². The summed E-state index contributed by atoms with van der Waals surface area (Å²) in [7, 11) is -9.23. The minimum Gasteiger partial charge on any atom is -0.476 e. The first-order valence-corrected chi connectivity index (χ1v) is 20.8. The third-order valence-electron chi connectivity index (χ3n) is 9.34.